The second-order valence-electron chi connectivity index (χ2n) is 11.0. The normalized spacial score (nSPS) is 14.8. The summed E-state index contributed by atoms with van der Waals surface area (Å²) in [7, 11) is 3.08. The minimum absolute atomic E-state index is 0.0285. The summed E-state index contributed by atoms with van der Waals surface area (Å²) in [4.78, 5) is 28.1. The number of aromatic carboxylic acids is 1. The Morgan fingerprint density at radius 2 is 1.59 bits per heavy atom. The highest BCUT2D eigenvalue weighted by Gasteiger charge is 2.48. The van der Waals surface area contributed by atoms with Gasteiger partial charge in [0.05, 0.1) is 25.5 Å². The lowest BCUT2D eigenvalue weighted by Crippen LogP contribution is -2.58. The largest absolute Gasteiger partial charge is 0.497 e. The van der Waals surface area contributed by atoms with Gasteiger partial charge in [0.1, 0.15) is 17.0 Å². The van der Waals surface area contributed by atoms with Crippen LogP contribution in [0.3, 0.4) is 0 Å². The summed E-state index contributed by atoms with van der Waals surface area (Å²) in [6, 6.07) is 16.6. The zero-order valence-electron chi connectivity index (χ0n) is 23.0. The average Bonchev–Trinajstić information content (AvgIpc) is 2.90. The Labute approximate surface area is 234 Å². The van der Waals surface area contributed by atoms with Gasteiger partial charge in [-0.25, -0.2) is 4.79 Å². The van der Waals surface area contributed by atoms with Gasteiger partial charge in [0.25, 0.3) is 0 Å². The highest BCUT2D eigenvalue weighted by molar-refractivity contribution is 6.31. The molecule has 0 fully saturated rings. The standard InChI is InChI=1S/C31H35ClN2O5/c1-30(2,3)21-10-8-19(9-11-21)18-31(29(33)37,22-14-24(38-4)17-25(15-22)39-5)34-12-6-7-20-13-23(32)16-26(27(20)34)28(35)36/h8-11,13-17H,6-7,12,18H2,1-5H3,(H2,33,37)(H,35,36). The fourth-order valence-corrected chi connectivity index (χ4v) is 5.67. The number of anilines is 1. The molecule has 0 bridgehead atoms. The highest BCUT2D eigenvalue weighted by atomic mass is 35.5. The lowest BCUT2D eigenvalue weighted by molar-refractivity contribution is -0.123. The summed E-state index contributed by atoms with van der Waals surface area (Å²) >= 11 is 6.32. The smallest absolute Gasteiger partial charge is 0.337 e. The Morgan fingerprint density at radius 1 is 0.974 bits per heavy atom. The van der Waals surface area contributed by atoms with Gasteiger partial charge >= 0.3 is 5.97 Å². The number of primary amides is 1. The molecule has 4 rings (SSSR count). The molecule has 0 aromatic heterocycles. The number of amides is 1. The minimum atomic E-state index is -1.46. The van der Waals surface area contributed by atoms with E-state index in [9.17, 15) is 14.7 Å². The van der Waals surface area contributed by atoms with Crippen molar-refractivity contribution in [1.82, 2.24) is 0 Å². The van der Waals surface area contributed by atoms with Crippen LogP contribution in [0.2, 0.25) is 5.02 Å². The second-order valence-corrected chi connectivity index (χ2v) is 11.4. The minimum Gasteiger partial charge on any atom is -0.497 e. The fourth-order valence-electron chi connectivity index (χ4n) is 5.43. The number of nitrogens with two attached hydrogens (primary N) is 1. The zero-order chi connectivity index (χ0) is 28.5. The van der Waals surface area contributed by atoms with Crippen molar-refractivity contribution >= 4 is 29.2 Å². The van der Waals surface area contributed by atoms with Crippen molar-refractivity contribution < 1.29 is 24.2 Å². The number of carboxylic acids is 1. The molecule has 3 aromatic rings. The summed E-state index contributed by atoms with van der Waals surface area (Å²) in [5.41, 5.74) is 8.66. The van der Waals surface area contributed by atoms with Gasteiger partial charge in [0.2, 0.25) is 5.91 Å². The molecule has 0 radical (unpaired) electrons. The quantitative estimate of drug-likeness (QED) is 0.371. The van der Waals surface area contributed by atoms with E-state index in [-0.39, 0.29) is 17.4 Å². The van der Waals surface area contributed by atoms with E-state index in [1.54, 1.807) is 24.3 Å². The number of carbonyl (C=O) groups excluding carboxylic acids is 1. The molecule has 39 heavy (non-hydrogen) atoms. The number of carboxylic acid groups (broad SMARTS) is 1. The van der Waals surface area contributed by atoms with E-state index in [0.717, 1.165) is 16.7 Å². The van der Waals surface area contributed by atoms with Gasteiger partial charge in [0.15, 0.2) is 0 Å². The third-order valence-corrected chi connectivity index (χ3v) is 7.68. The molecule has 206 valence electrons. The number of methoxy groups -OCH3 is 2. The van der Waals surface area contributed by atoms with Crippen molar-refractivity contribution in [3.05, 3.63) is 87.4 Å². The van der Waals surface area contributed by atoms with Crippen LogP contribution in [0.4, 0.5) is 5.69 Å². The maximum Gasteiger partial charge on any atom is 0.337 e. The molecule has 0 saturated carbocycles. The molecular weight excluding hydrogens is 516 g/mol. The van der Waals surface area contributed by atoms with E-state index in [0.29, 0.717) is 47.2 Å². The second kappa shape index (κ2) is 10.8. The summed E-state index contributed by atoms with van der Waals surface area (Å²) in [5.74, 6) is -0.761. The molecule has 1 unspecified atom stereocenters. The van der Waals surface area contributed by atoms with Crippen LogP contribution in [0.5, 0.6) is 11.5 Å². The number of hydrogen-bond acceptors (Lipinski definition) is 5. The Hall–Kier alpha value is -3.71. The van der Waals surface area contributed by atoms with E-state index in [1.165, 1.54) is 20.3 Å². The molecule has 0 aliphatic carbocycles. The van der Waals surface area contributed by atoms with Crippen LogP contribution in [0, 0.1) is 0 Å². The van der Waals surface area contributed by atoms with Crippen molar-refractivity contribution in [2.75, 3.05) is 25.7 Å². The first-order valence-electron chi connectivity index (χ1n) is 12.9. The molecule has 1 amide bonds. The van der Waals surface area contributed by atoms with Crippen molar-refractivity contribution in [2.45, 2.75) is 51.0 Å². The van der Waals surface area contributed by atoms with Crippen LogP contribution >= 0.6 is 11.6 Å². The van der Waals surface area contributed by atoms with Gasteiger partial charge in [-0.1, -0.05) is 56.6 Å². The summed E-state index contributed by atoms with van der Waals surface area (Å²) in [6.45, 7) is 6.84. The Balaban J connectivity index is 2.02. The Kier molecular flexibility index (Phi) is 7.84. The van der Waals surface area contributed by atoms with Crippen LogP contribution < -0.4 is 20.1 Å². The number of halogens is 1. The highest BCUT2D eigenvalue weighted by Crippen LogP contribution is 2.45. The lowest BCUT2D eigenvalue weighted by Gasteiger charge is -2.47. The van der Waals surface area contributed by atoms with Gasteiger partial charge in [-0.15, -0.1) is 0 Å². The Bertz CT molecular complexity index is 1380. The molecule has 8 heteroatoms. The van der Waals surface area contributed by atoms with Crippen LogP contribution in [0.1, 0.15) is 59.8 Å². The van der Waals surface area contributed by atoms with E-state index in [4.69, 9.17) is 26.8 Å². The van der Waals surface area contributed by atoms with Gasteiger partial charge in [0, 0.05) is 24.1 Å². The number of ether oxygens (including phenoxy) is 2. The Morgan fingerprint density at radius 3 is 2.10 bits per heavy atom. The van der Waals surface area contributed by atoms with E-state index < -0.39 is 17.4 Å². The first-order chi connectivity index (χ1) is 18.4. The molecule has 3 aromatic carbocycles. The third kappa shape index (κ3) is 5.41. The summed E-state index contributed by atoms with van der Waals surface area (Å²) in [5, 5.41) is 10.5. The average molecular weight is 551 g/mol. The number of aryl methyl sites for hydroxylation is 1. The summed E-state index contributed by atoms with van der Waals surface area (Å²) in [6.07, 6.45) is 1.51. The van der Waals surface area contributed by atoms with Crippen LogP contribution in [0.25, 0.3) is 0 Å². The molecular formula is C31H35ClN2O5. The molecule has 1 atom stereocenters. The lowest BCUT2D eigenvalue weighted by atomic mass is 9.78. The van der Waals surface area contributed by atoms with Gasteiger partial charge < -0.3 is 25.2 Å². The first-order valence-corrected chi connectivity index (χ1v) is 13.2. The van der Waals surface area contributed by atoms with Gasteiger partial charge in [-0.05, 0) is 64.8 Å². The molecule has 1 aliphatic heterocycles. The van der Waals surface area contributed by atoms with Crippen molar-refractivity contribution in [1.29, 1.82) is 0 Å². The van der Waals surface area contributed by atoms with Gasteiger partial charge in [-0.3, -0.25) is 4.79 Å². The van der Waals surface area contributed by atoms with Crippen molar-refractivity contribution in [3.8, 4) is 11.5 Å². The monoisotopic (exact) mass is 550 g/mol. The van der Waals surface area contributed by atoms with E-state index in [1.807, 2.05) is 17.0 Å². The molecule has 1 aliphatic rings. The molecule has 7 nitrogen and oxygen atoms in total. The van der Waals surface area contributed by atoms with Crippen LogP contribution in [-0.4, -0.2) is 37.7 Å². The van der Waals surface area contributed by atoms with Crippen LogP contribution in [-0.2, 0) is 28.6 Å². The van der Waals surface area contributed by atoms with Crippen LogP contribution in [0.15, 0.2) is 54.6 Å². The molecule has 0 spiro atoms. The number of hydrogen-bond donors (Lipinski definition) is 2. The molecule has 1 heterocycles. The first kappa shape index (κ1) is 28.3. The maximum atomic E-state index is 13.8. The van der Waals surface area contributed by atoms with Crippen molar-refractivity contribution in [2.24, 2.45) is 5.73 Å². The van der Waals surface area contributed by atoms with Crippen molar-refractivity contribution in [3.63, 3.8) is 0 Å². The predicted octanol–water partition coefficient (Wildman–Crippen LogP) is 5.73. The maximum absolute atomic E-state index is 13.8. The zero-order valence-corrected chi connectivity index (χ0v) is 23.8. The number of carbonyl (C=O) groups is 2. The third-order valence-electron chi connectivity index (χ3n) is 7.46. The van der Waals surface area contributed by atoms with E-state index >= 15 is 0 Å². The predicted molar refractivity (Wildman–Crippen MR) is 153 cm³/mol. The van der Waals surface area contributed by atoms with E-state index in [2.05, 4.69) is 32.9 Å². The number of benzene rings is 3. The SMILES string of the molecule is COc1cc(OC)cc(C(Cc2ccc(C(C)(C)C)cc2)(C(N)=O)N2CCCc3cc(Cl)cc(C(=O)O)c32)c1. The molecule has 0 saturated heterocycles. The number of fused-ring (bicyclic) bond motifs is 1. The fraction of sp³-hybridized carbons (Fsp3) is 0.355. The summed E-state index contributed by atoms with van der Waals surface area (Å²) < 4.78 is 11.1. The topological polar surface area (TPSA) is 102 Å². The number of nitrogens with zero attached hydrogens (tertiary/aromatic N) is 1. The molecule has 3 N–H and O–H groups in total. The number of rotatable bonds is 8. The van der Waals surface area contributed by atoms with Gasteiger partial charge in [-0.2, -0.15) is 0 Å².